The topological polar surface area (TPSA) is 79.4 Å². The molecular formula is C23H25N3O3S2. The van der Waals surface area contributed by atoms with Gasteiger partial charge in [-0.25, -0.2) is 13.4 Å². The lowest BCUT2D eigenvalue weighted by molar-refractivity contribution is -0.119. The number of nitrogens with one attached hydrogen (secondary N) is 1. The fourth-order valence-corrected chi connectivity index (χ4v) is 5.15. The van der Waals surface area contributed by atoms with E-state index < -0.39 is 10.0 Å². The number of thioether (sulfide) groups is 1. The minimum atomic E-state index is -3.90. The van der Waals surface area contributed by atoms with Crippen molar-refractivity contribution in [3.63, 3.8) is 0 Å². The van der Waals surface area contributed by atoms with E-state index in [0.717, 1.165) is 16.2 Å². The Hall–Kier alpha value is -2.84. The second-order valence-corrected chi connectivity index (χ2v) is 9.96. The zero-order valence-electron chi connectivity index (χ0n) is 17.5. The molecule has 3 aromatic rings. The highest BCUT2D eigenvalue weighted by Gasteiger charge is 2.28. The Balaban J connectivity index is 1.73. The first-order chi connectivity index (χ1) is 14.9. The van der Waals surface area contributed by atoms with Crippen LogP contribution < -0.4 is 9.62 Å². The van der Waals surface area contributed by atoms with Crippen molar-refractivity contribution in [3.8, 4) is 0 Å². The maximum atomic E-state index is 13.4. The van der Waals surface area contributed by atoms with Crippen molar-refractivity contribution in [2.45, 2.75) is 23.8 Å². The summed E-state index contributed by atoms with van der Waals surface area (Å²) in [5.41, 5.74) is 2.22. The Labute approximate surface area is 187 Å². The SMILES string of the molecule is Cc1ccc(S(=O)(=O)N(CC(=O)NCCSc2ccccn2)c2ccccc2C)cc1. The fraction of sp³-hybridized carbons (Fsp3) is 0.217. The van der Waals surface area contributed by atoms with Gasteiger partial charge in [0, 0.05) is 18.5 Å². The predicted octanol–water partition coefficient (Wildman–Crippen LogP) is 3.80. The second kappa shape index (κ2) is 10.5. The van der Waals surface area contributed by atoms with Gasteiger partial charge in [0.25, 0.3) is 10.0 Å². The highest BCUT2D eigenvalue weighted by atomic mass is 32.2. The van der Waals surface area contributed by atoms with Gasteiger partial charge in [-0.2, -0.15) is 0 Å². The number of rotatable bonds is 9. The van der Waals surface area contributed by atoms with Gasteiger partial charge in [-0.3, -0.25) is 9.10 Å². The lowest BCUT2D eigenvalue weighted by atomic mass is 10.2. The van der Waals surface area contributed by atoms with Crippen molar-refractivity contribution >= 4 is 33.4 Å². The van der Waals surface area contributed by atoms with E-state index >= 15 is 0 Å². The van der Waals surface area contributed by atoms with Gasteiger partial charge in [0.2, 0.25) is 5.91 Å². The number of hydrogen-bond donors (Lipinski definition) is 1. The summed E-state index contributed by atoms with van der Waals surface area (Å²) in [4.78, 5) is 17.0. The fourth-order valence-electron chi connectivity index (χ4n) is 2.95. The normalized spacial score (nSPS) is 11.2. The average Bonchev–Trinajstić information content (AvgIpc) is 2.77. The maximum Gasteiger partial charge on any atom is 0.264 e. The molecule has 6 nitrogen and oxygen atoms in total. The molecule has 0 unspecified atom stereocenters. The van der Waals surface area contributed by atoms with Crippen molar-refractivity contribution in [1.29, 1.82) is 0 Å². The number of hydrogen-bond acceptors (Lipinski definition) is 5. The Bertz CT molecular complexity index is 1120. The molecule has 0 aliphatic rings. The molecular weight excluding hydrogens is 430 g/mol. The van der Waals surface area contributed by atoms with Gasteiger partial charge in [-0.05, 0) is 49.7 Å². The molecule has 1 heterocycles. The third-order valence-corrected chi connectivity index (χ3v) is 7.31. The Morgan fingerprint density at radius 3 is 2.39 bits per heavy atom. The van der Waals surface area contributed by atoms with Crippen LogP contribution in [0.15, 0.2) is 82.8 Å². The minimum Gasteiger partial charge on any atom is -0.354 e. The van der Waals surface area contributed by atoms with E-state index in [1.807, 2.05) is 44.2 Å². The predicted molar refractivity (Wildman–Crippen MR) is 125 cm³/mol. The molecule has 8 heteroatoms. The first kappa shape index (κ1) is 22.8. The van der Waals surface area contributed by atoms with Crippen molar-refractivity contribution in [1.82, 2.24) is 10.3 Å². The smallest absolute Gasteiger partial charge is 0.264 e. The quantitative estimate of drug-likeness (QED) is 0.392. The summed E-state index contributed by atoms with van der Waals surface area (Å²) in [6, 6.07) is 19.4. The van der Waals surface area contributed by atoms with Crippen LogP contribution in [0.2, 0.25) is 0 Å². The summed E-state index contributed by atoms with van der Waals surface area (Å²) in [5.74, 6) is 0.276. The summed E-state index contributed by atoms with van der Waals surface area (Å²) in [5, 5.41) is 3.69. The van der Waals surface area contributed by atoms with Gasteiger partial charge >= 0.3 is 0 Å². The number of aryl methyl sites for hydroxylation is 2. The van der Waals surface area contributed by atoms with E-state index in [9.17, 15) is 13.2 Å². The molecule has 1 amide bonds. The van der Waals surface area contributed by atoms with Gasteiger partial charge in [0.05, 0.1) is 15.6 Å². The van der Waals surface area contributed by atoms with E-state index in [4.69, 9.17) is 0 Å². The second-order valence-electron chi connectivity index (χ2n) is 6.98. The molecule has 0 atom stereocenters. The van der Waals surface area contributed by atoms with E-state index in [0.29, 0.717) is 18.0 Å². The third kappa shape index (κ3) is 6.08. The molecule has 0 spiro atoms. The average molecular weight is 456 g/mol. The third-order valence-electron chi connectivity index (χ3n) is 4.59. The number of amides is 1. The number of para-hydroxylation sites is 1. The van der Waals surface area contributed by atoms with Crippen LogP contribution in [0.1, 0.15) is 11.1 Å². The first-order valence-electron chi connectivity index (χ1n) is 9.83. The molecule has 0 bridgehead atoms. The maximum absolute atomic E-state index is 13.4. The van der Waals surface area contributed by atoms with Crippen LogP contribution in [0, 0.1) is 13.8 Å². The molecule has 0 saturated carbocycles. The molecule has 0 saturated heterocycles. The van der Waals surface area contributed by atoms with Crippen LogP contribution in [0.3, 0.4) is 0 Å². The molecule has 0 aliphatic heterocycles. The number of benzene rings is 2. The van der Waals surface area contributed by atoms with E-state index in [1.165, 1.54) is 16.1 Å². The van der Waals surface area contributed by atoms with Gasteiger partial charge in [-0.1, -0.05) is 42.0 Å². The summed E-state index contributed by atoms with van der Waals surface area (Å²) >= 11 is 1.53. The van der Waals surface area contributed by atoms with Crippen LogP contribution in [0.5, 0.6) is 0 Å². The van der Waals surface area contributed by atoms with Crippen LogP contribution in [-0.2, 0) is 14.8 Å². The molecule has 3 rings (SSSR count). The molecule has 1 aromatic heterocycles. The van der Waals surface area contributed by atoms with Crippen molar-refractivity contribution < 1.29 is 13.2 Å². The summed E-state index contributed by atoms with van der Waals surface area (Å²) in [6.45, 7) is 3.84. The van der Waals surface area contributed by atoms with E-state index in [1.54, 1.807) is 42.6 Å². The van der Waals surface area contributed by atoms with Crippen LogP contribution >= 0.6 is 11.8 Å². The zero-order valence-corrected chi connectivity index (χ0v) is 19.1. The molecule has 0 aliphatic carbocycles. The number of aromatic nitrogens is 1. The Kier molecular flexibility index (Phi) is 7.70. The monoisotopic (exact) mass is 455 g/mol. The summed E-state index contributed by atoms with van der Waals surface area (Å²) in [7, 11) is -3.90. The lowest BCUT2D eigenvalue weighted by Gasteiger charge is -2.25. The number of anilines is 1. The largest absolute Gasteiger partial charge is 0.354 e. The van der Waals surface area contributed by atoms with Gasteiger partial charge in [-0.15, -0.1) is 11.8 Å². The zero-order chi connectivity index (χ0) is 22.3. The number of carbonyl (C=O) groups is 1. The summed E-state index contributed by atoms with van der Waals surface area (Å²) < 4.78 is 27.9. The van der Waals surface area contributed by atoms with Crippen LogP contribution in [-0.4, -0.2) is 38.2 Å². The Morgan fingerprint density at radius 1 is 1.00 bits per heavy atom. The van der Waals surface area contributed by atoms with Gasteiger partial charge < -0.3 is 5.32 Å². The molecule has 0 fully saturated rings. The van der Waals surface area contributed by atoms with Gasteiger partial charge in [0.15, 0.2) is 0 Å². The molecule has 2 aromatic carbocycles. The van der Waals surface area contributed by atoms with E-state index in [2.05, 4.69) is 10.3 Å². The molecule has 31 heavy (non-hydrogen) atoms. The molecule has 162 valence electrons. The number of carbonyl (C=O) groups excluding carboxylic acids is 1. The highest BCUT2D eigenvalue weighted by molar-refractivity contribution is 7.99. The van der Waals surface area contributed by atoms with E-state index in [-0.39, 0.29) is 17.3 Å². The molecule has 0 radical (unpaired) electrons. The highest BCUT2D eigenvalue weighted by Crippen LogP contribution is 2.26. The number of nitrogens with zero attached hydrogens (tertiary/aromatic N) is 2. The van der Waals surface area contributed by atoms with Crippen molar-refractivity contribution in [3.05, 3.63) is 84.1 Å². The molecule has 1 N–H and O–H groups in total. The minimum absolute atomic E-state index is 0.153. The first-order valence-corrected chi connectivity index (χ1v) is 12.3. The van der Waals surface area contributed by atoms with Gasteiger partial charge in [0.1, 0.15) is 6.54 Å². The lowest BCUT2D eigenvalue weighted by Crippen LogP contribution is -2.41. The number of sulfonamides is 1. The standard InChI is InChI=1S/C23H25N3O3S2/c1-18-10-12-20(13-11-18)31(28,29)26(21-8-4-3-7-19(21)2)17-22(27)24-15-16-30-23-9-5-6-14-25-23/h3-14H,15-17H2,1-2H3,(H,24,27). The van der Waals surface area contributed by atoms with Crippen molar-refractivity contribution in [2.24, 2.45) is 0 Å². The van der Waals surface area contributed by atoms with Crippen LogP contribution in [0.25, 0.3) is 0 Å². The Morgan fingerprint density at radius 2 is 1.71 bits per heavy atom. The van der Waals surface area contributed by atoms with Crippen LogP contribution in [0.4, 0.5) is 5.69 Å². The summed E-state index contributed by atoms with van der Waals surface area (Å²) in [6.07, 6.45) is 1.72. The number of pyridine rings is 1. The van der Waals surface area contributed by atoms with Crippen molar-refractivity contribution in [2.75, 3.05) is 23.1 Å².